The SMILES string of the molecule is N#Cc1cccc(C(=O)C=Cc2cccc(OCCC(=O)O)c2)c1. The molecule has 0 amide bonds. The van der Waals surface area contributed by atoms with Gasteiger partial charge in [0.15, 0.2) is 5.78 Å². The molecule has 0 bridgehead atoms. The fourth-order valence-corrected chi connectivity index (χ4v) is 1.97. The van der Waals surface area contributed by atoms with E-state index in [1.165, 1.54) is 12.1 Å². The van der Waals surface area contributed by atoms with E-state index in [9.17, 15) is 9.59 Å². The zero-order chi connectivity index (χ0) is 17.4. The van der Waals surface area contributed by atoms with Crippen LogP contribution in [0.1, 0.15) is 27.9 Å². The Morgan fingerprint density at radius 2 is 1.96 bits per heavy atom. The second-order valence-electron chi connectivity index (χ2n) is 4.95. The average molecular weight is 321 g/mol. The smallest absolute Gasteiger partial charge is 0.306 e. The van der Waals surface area contributed by atoms with E-state index >= 15 is 0 Å². The summed E-state index contributed by atoms with van der Waals surface area (Å²) in [5.74, 6) is -0.585. The number of carbonyl (C=O) groups excluding carboxylic acids is 1. The number of rotatable bonds is 7. The van der Waals surface area contributed by atoms with Crippen molar-refractivity contribution in [1.29, 1.82) is 5.26 Å². The average Bonchev–Trinajstić information content (AvgIpc) is 2.60. The lowest BCUT2D eigenvalue weighted by Gasteiger charge is -2.05. The maximum atomic E-state index is 12.1. The van der Waals surface area contributed by atoms with Crippen molar-refractivity contribution >= 4 is 17.8 Å². The molecule has 120 valence electrons. The van der Waals surface area contributed by atoms with E-state index in [0.717, 1.165) is 5.56 Å². The molecule has 1 N–H and O–H groups in total. The van der Waals surface area contributed by atoms with Crippen molar-refractivity contribution in [3.8, 4) is 11.8 Å². The van der Waals surface area contributed by atoms with Gasteiger partial charge in [-0.3, -0.25) is 9.59 Å². The van der Waals surface area contributed by atoms with Crippen LogP contribution in [0.5, 0.6) is 5.75 Å². The molecule has 0 spiro atoms. The molecule has 0 aliphatic rings. The van der Waals surface area contributed by atoms with E-state index in [-0.39, 0.29) is 18.8 Å². The van der Waals surface area contributed by atoms with Gasteiger partial charge in [-0.15, -0.1) is 0 Å². The molecular weight excluding hydrogens is 306 g/mol. The van der Waals surface area contributed by atoms with Crippen LogP contribution in [-0.4, -0.2) is 23.5 Å². The first-order chi connectivity index (χ1) is 11.6. The minimum absolute atomic E-state index is 0.0756. The van der Waals surface area contributed by atoms with Crippen LogP contribution >= 0.6 is 0 Å². The Labute approximate surface area is 139 Å². The highest BCUT2D eigenvalue weighted by atomic mass is 16.5. The van der Waals surface area contributed by atoms with Gasteiger partial charge in [0.25, 0.3) is 0 Å². The molecule has 0 aromatic heterocycles. The molecule has 0 aliphatic heterocycles. The highest BCUT2D eigenvalue weighted by Gasteiger charge is 2.03. The molecule has 2 aromatic rings. The molecule has 0 fully saturated rings. The maximum absolute atomic E-state index is 12.1. The fraction of sp³-hybridized carbons (Fsp3) is 0.105. The Morgan fingerprint density at radius 1 is 1.17 bits per heavy atom. The van der Waals surface area contributed by atoms with Crippen molar-refractivity contribution in [3.05, 3.63) is 71.3 Å². The highest BCUT2D eigenvalue weighted by Crippen LogP contribution is 2.15. The Kier molecular flexibility index (Phi) is 5.87. The third kappa shape index (κ3) is 5.11. The van der Waals surface area contributed by atoms with E-state index in [1.807, 2.05) is 6.07 Å². The number of allylic oxidation sites excluding steroid dienone is 1. The first kappa shape index (κ1) is 17.0. The fourth-order valence-electron chi connectivity index (χ4n) is 1.97. The molecule has 0 heterocycles. The first-order valence-electron chi connectivity index (χ1n) is 7.26. The van der Waals surface area contributed by atoms with Gasteiger partial charge >= 0.3 is 5.97 Å². The molecule has 0 saturated carbocycles. The molecule has 5 heteroatoms. The number of nitrogens with zero attached hydrogens (tertiary/aromatic N) is 1. The van der Waals surface area contributed by atoms with Crippen LogP contribution in [0.4, 0.5) is 0 Å². The summed E-state index contributed by atoms with van der Waals surface area (Å²) in [5, 5.41) is 17.4. The van der Waals surface area contributed by atoms with Crippen molar-refractivity contribution in [2.75, 3.05) is 6.61 Å². The lowest BCUT2D eigenvalue weighted by atomic mass is 10.1. The van der Waals surface area contributed by atoms with E-state index in [1.54, 1.807) is 48.5 Å². The number of benzene rings is 2. The summed E-state index contributed by atoms with van der Waals surface area (Å²) in [7, 11) is 0. The van der Waals surface area contributed by atoms with Crippen LogP contribution in [0, 0.1) is 11.3 Å². The van der Waals surface area contributed by atoms with Crippen LogP contribution in [0.15, 0.2) is 54.6 Å². The lowest BCUT2D eigenvalue weighted by molar-refractivity contribution is -0.137. The highest BCUT2D eigenvalue weighted by molar-refractivity contribution is 6.07. The van der Waals surface area contributed by atoms with Crippen LogP contribution in [-0.2, 0) is 4.79 Å². The van der Waals surface area contributed by atoms with E-state index in [2.05, 4.69) is 0 Å². The van der Waals surface area contributed by atoms with Gasteiger partial charge in [0.05, 0.1) is 24.7 Å². The third-order valence-electron chi connectivity index (χ3n) is 3.15. The second-order valence-corrected chi connectivity index (χ2v) is 4.95. The normalized spacial score (nSPS) is 10.3. The molecular formula is C19H15NO4. The van der Waals surface area contributed by atoms with Gasteiger partial charge in [0.2, 0.25) is 0 Å². The minimum Gasteiger partial charge on any atom is -0.493 e. The quantitative estimate of drug-likeness (QED) is 0.624. The molecule has 2 rings (SSSR count). The van der Waals surface area contributed by atoms with Crippen LogP contribution < -0.4 is 4.74 Å². The monoisotopic (exact) mass is 321 g/mol. The van der Waals surface area contributed by atoms with Gasteiger partial charge in [-0.1, -0.05) is 30.3 Å². The zero-order valence-electron chi connectivity index (χ0n) is 12.8. The Hall–Kier alpha value is -3.39. The van der Waals surface area contributed by atoms with Crippen molar-refractivity contribution < 1.29 is 19.4 Å². The topological polar surface area (TPSA) is 87.4 Å². The van der Waals surface area contributed by atoms with Crippen LogP contribution in [0.2, 0.25) is 0 Å². The maximum Gasteiger partial charge on any atom is 0.306 e. The van der Waals surface area contributed by atoms with Gasteiger partial charge < -0.3 is 9.84 Å². The first-order valence-corrected chi connectivity index (χ1v) is 7.26. The summed E-state index contributed by atoms with van der Waals surface area (Å²) >= 11 is 0. The van der Waals surface area contributed by atoms with Crippen LogP contribution in [0.25, 0.3) is 6.08 Å². The van der Waals surface area contributed by atoms with Crippen LogP contribution in [0.3, 0.4) is 0 Å². The third-order valence-corrected chi connectivity index (χ3v) is 3.15. The predicted octanol–water partition coefficient (Wildman–Crippen LogP) is 3.31. The number of carboxylic acids is 1. The summed E-state index contributed by atoms with van der Waals surface area (Å²) in [5.41, 5.74) is 1.63. The number of ketones is 1. The Bertz CT molecular complexity index is 818. The summed E-state index contributed by atoms with van der Waals surface area (Å²) in [6.45, 7) is 0.0857. The molecule has 2 aromatic carbocycles. The van der Waals surface area contributed by atoms with E-state index in [4.69, 9.17) is 15.1 Å². The summed E-state index contributed by atoms with van der Waals surface area (Å²) in [6, 6.07) is 15.5. The number of nitriles is 1. The number of hydrogen-bond donors (Lipinski definition) is 1. The van der Waals surface area contributed by atoms with Gasteiger partial charge in [-0.2, -0.15) is 5.26 Å². The molecule has 0 radical (unpaired) electrons. The standard InChI is InChI=1S/C19H15NO4/c20-13-15-4-1-5-16(11-15)18(21)8-7-14-3-2-6-17(12-14)24-10-9-19(22)23/h1-8,11-12H,9-10H2,(H,22,23). The number of carbonyl (C=O) groups is 2. The lowest BCUT2D eigenvalue weighted by Crippen LogP contribution is -2.04. The Balaban J connectivity index is 2.04. The molecule has 5 nitrogen and oxygen atoms in total. The molecule has 0 aliphatic carbocycles. The predicted molar refractivity (Wildman–Crippen MR) is 88.7 cm³/mol. The number of aliphatic carboxylic acids is 1. The van der Waals surface area contributed by atoms with Gasteiger partial charge in [0, 0.05) is 5.56 Å². The minimum atomic E-state index is -0.920. The van der Waals surface area contributed by atoms with Gasteiger partial charge in [-0.25, -0.2) is 0 Å². The van der Waals surface area contributed by atoms with Crippen molar-refractivity contribution in [1.82, 2.24) is 0 Å². The largest absolute Gasteiger partial charge is 0.493 e. The second kappa shape index (κ2) is 8.30. The molecule has 0 saturated heterocycles. The zero-order valence-corrected chi connectivity index (χ0v) is 12.8. The van der Waals surface area contributed by atoms with Crippen molar-refractivity contribution in [3.63, 3.8) is 0 Å². The van der Waals surface area contributed by atoms with E-state index in [0.29, 0.717) is 16.9 Å². The molecule has 24 heavy (non-hydrogen) atoms. The summed E-state index contributed by atoms with van der Waals surface area (Å²) in [4.78, 5) is 22.6. The summed E-state index contributed by atoms with van der Waals surface area (Å²) in [6.07, 6.45) is 2.99. The van der Waals surface area contributed by atoms with E-state index < -0.39 is 5.97 Å². The number of ether oxygens (including phenoxy) is 1. The van der Waals surface area contributed by atoms with Crippen molar-refractivity contribution in [2.24, 2.45) is 0 Å². The number of hydrogen-bond acceptors (Lipinski definition) is 4. The molecule has 0 unspecified atom stereocenters. The van der Waals surface area contributed by atoms with Gasteiger partial charge in [0.1, 0.15) is 5.75 Å². The molecule has 0 atom stereocenters. The van der Waals surface area contributed by atoms with Crippen molar-refractivity contribution in [2.45, 2.75) is 6.42 Å². The van der Waals surface area contributed by atoms with Gasteiger partial charge in [-0.05, 0) is 35.9 Å². The summed E-state index contributed by atoms with van der Waals surface area (Å²) < 4.78 is 5.34. The Morgan fingerprint density at radius 3 is 2.71 bits per heavy atom. The number of carboxylic acid groups (broad SMARTS) is 1.